The first kappa shape index (κ1) is 16.0. The number of nitrogens with zero attached hydrogens (tertiary/aromatic N) is 2. The molecule has 0 radical (unpaired) electrons. The van der Waals surface area contributed by atoms with Crippen LogP contribution in [0.5, 0.6) is 0 Å². The summed E-state index contributed by atoms with van der Waals surface area (Å²) in [5.41, 5.74) is 1.82. The molecule has 1 amide bonds. The van der Waals surface area contributed by atoms with Crippen LogP contribution in [0.15, 0.2) is 4.52 Å². The minimum absolute atomic E-state index is 0.100. The normalized spacial score (nSPS) is 22.6. The van der Waals surface area contributed by atoms with Crippen LogP contribution < -0.4 is 0 Å². The molecule has 1 aliphatic heterocycles. The fraction of sp³-hybridized carbons (Fsp3) is 0.750. The number of carbonyl (C=O) groups excluding carboxylic acids is 1. The highest BCUT2D eigenvalue weighted by molar-refractivity contribution is 5.76. The van der Waals surface area contributed by atoms with E-state index in [4.69, 9.17) is 4.52 Å². The van der Waals surface area contributed by atoms with Gasteiger partial charge in [0.25, 0.3) is 0 Å². The lowest BCUT2D eigenvalue weighted by Gasteiger charge is -2.41. The second kappa shape index (κ2) is 6.60. The van der Waals surface area contributed by atoms with E-state index >= 15 is 0 Å². The zero-order valence-electron chi connectivity index (χ0n) is 13.3. The van der Waals surface area contributed by atoms with Gasteiger partial charge >= 0.3 is 0 Å². The zero-order valence-corrected chi connectivity index (χ0v) is 13.3. The summed E-state index contributed by atoms with van der Waals surface area (Å²) >= 11 is 0. The van der Waals surface area contributed by atoms with Gasteiger partial charge in [-0.05, 0) is 39.5 Å². The van der Waals surface area contributed by atoms with Crippen molar-refractivity contribution in [2.45, 2.75) is 52.9 Å². The summed E-state index contributed by atoms with van der Waals surface area (Å²) < 4.78 is 5.13. The molecule has 0 spiro atoms. The number of hydrogen-bond acceptors (Lipinski definition) is 4. The van der Waals surface area contributed by atoms with Crippen molar-refractivity contribution in [2.24, 2.45) is 5.41 Å². The summed E-state index contributed by atoms with van der Waals surface area (Å²) in [4.78, 5) is 14.3. The molecule has 0 bridgehead atoms. The zero-order chi connectivity index (χ0) is 15.5. The Balaban J connectivity index is 1.94. The monoisotopic (exact) mass is 294 g/mol. The first-order valence-corrected chi connectivity index (χ1v) is 7.82. The third-order valence-electron chi connectivity index (χ3n) is 4.87. The highest BCUT2D eigenvalue weighted by atomic mass is 16.5. The Morgan fingerprint density at radius 2 is 2.24 bits per heavy atom. The molecule has 0 saturated carbocycles. The molecule has 1 saturated heterocycles. The second-order valence-corrected chi connectivity index (χ2v) is 6.23. The van der Waals surface area contributed by atoms with Gasteiger partial charge < -0.3 is 14.5 Å². The number of likely N-dealkylation sites (tertiary alicyclic amines) is 1. The Morgan fingerprint density at radius 3 is 2.81 bits per heavy atom. The van der Waals surface area contributed by atoms with Gasteiger partial charge in [-0.25, -0.2) is 0 Å². The van der Waals surface area contributed by atoms with Crippen molar-refractivity contribution in [3.05, 3.63) is 17.0 Å². The van der Waals surface area contributed by atoms with E-state index in [1.165, 1.54) is 0 Å². The van der Waals surface area contributed by atoms with Gasteiger partial charge in [0.1, 0.15) is 5.76 Å². The fourth-order valence-electron chi connectivity index (χ4n) is 3.20. The van der Waals surface area contributed by atoms with E-state index in [1.54, 1.807) is 0 Å². The molecule has 5 heteroatoms. The molecule has 118 valence electrons. The van der Waals surface area contributed by atoms with Gasteiger partial charge in [0.05, 0.1) is 12.3 Å². The van der Waals surface area contributed by atoms with Crippen molar-refractivity contribution in [1.29, 1.82) is 0 Å². The molecule has 2 rings (SSSR count). The van der Waals surface area contributed by atoms with Gasteiger partial charge in [-0.15, -0.1) is 0 Å². The fourth-order valence-corrected chi connectivity index (χ4v) is 3.20. The van der Waals surface area contributed by atoms with Crippen molar-refractivity contribution >= 4 is 5.91 Å². The van der Waals surface area contributed by atoms with Gasteiger partial charge in [0.2, 0.25) is 5.91 Å². The number of carbonyl (C=O) groups is 1. The summed E-state index contributed by atoms with van der Waals surface area (Å²) in [6.45, 7) is 7.54. The van der Waals surface area contributed by atoms with Crippen LogP contribution in [-0.4, -0.2) is 40.8 Å². The molecule has 2 heterocycles. The number of rotatable bonds is 5. The summed E-state index contributed by atoms with van der Waals surface area (Å²) in [7, 11) is 0. The predicted octanol–water partition coefficient (Wildman–Crippen LogP) is 2.24. The average Bonchev–Trinajstić information content (AvgIpc) is 2.83. The lowest BCUT2D eigenvalue weighted by atomic mass is 9.78. The number of piperidine rings is 1. The van der Waals surface area contributed by atoms with E-state index in [0.29, 0.717) is 19.4 Å². The van der Waals surface area contributed by atoms with Crippen LogP contribution in [0.1, 0.15) is 49.6 Å². The number of aryl methyl sites for hydroxylation is 2. The maximum atomic E-state index is 12.4. The molecule has 21 heavy (non-hydrogen) atoms. The second-order valence-electron chi connectivity index (χ2n) is 6.23. The van der Waals surface area contributed by atoms with E-state index in [0.717, 1.165) is 42.8 Å². The van der Waals surface area contributed by atoms with Gasteiger partial charge in [0, 0.05) is 30.5 Å². The molecule has 0 aliphatic carbocycles. The van der Waals surface area contributed by atoms with Crippen molar-refractivity contribution in [2.75, 3.05) is 19.7 Å². The third kappa shape index (κ3) is 3.46. The molecule has 1 aliphatic rings. The van der Waals surface area contributed by atoms with Crippen molar-refractivity contribution < 1.29 is 14.4 Å². The lowest BCUT2D eigenvalue weighted by Crippen LogP contribution is -2.47. The molecule has 1 fully saturated rings. The Bertz CT molecular complexity index is 472. The first-order chi connectivity index (χ1) is 10.0. The standard InChI is InChI=1S/C16H26N2O3/c1-4-16(11-19)8-5-9-18(10-16)15(20)7-6-14-12(2)17-21-13(14)3/h19H,4-11H2,1-3H3/t16-/m0/s1. The summed E-state index contributed by atoms with van der Waals surface area (Å²) in [6.07, 6.45) is 4.05. The smallest absolute Gasteiger partial charge is 0.222 e. The number of aliphatic hydroxyl groups is 1. The van der Waals surface area contributed by atoms with Gasteiger partial charge in [0.15, 0.2) is 0 Å². The topological polar surface area (TPSA) is 66.6 Å². The molecule has 0 unspecified atom stereocenters. The largest absolute Gasteiger partial charge is 0.396 e. The van der Waals surface area contributed by atoms with Gasteiger partial charge in [-0.2, -0.15) is 0 Å². The molecule has 1 N–H and O–H groups in total. The van der Waals surface area contributed by atoms with E-state index < -0.39 is 0 Å². The van der Waals surface area contributed by atoms with Crippen molar-refractivity contribution in [3.8, 4) is 0 Å². The maximum Gasteiger partial charge on any atom is 0.222 e. The number of hydrogen-bond donors (Lipinski definition) is 1. The van der Waals surface area contributed by atoms with Gasteiger partial charge in [-0.1, -0.05) is 12.1 Å². The molecule has 1 aromatic rings. The van der Waals surface area contributed by atoms with Crippen molar-refractivity contribution in [1.82, 2.24) is 10.1 Å². The van der Waals surface area contributed by atoms with E-state index in [9.17, 15) is 9.90 Å². The lowest BCUT2D eigenvalue weighted by molar-refractivity contribution is -0.135. The summed E-state index contributed by atoms with van der Waals surface area (Å²) in [6, 6.07) is 0. The minimum Gasteiger partial charge on any atom is -0.396 e. The molecule has 1 atom stereocenters. The third-order valence-corrected chi connectivity index (χ3v) is 4.87. The molecule has 0 aromatic carbocycles. The van der Waals surface area contributed by atoms with E-state index in [-0.39, 0.29) is 17.9 Å². The van der Waals surface area contributed by atoms with Crippen LogP contribution >= 0.6 is 0 Å². The van der Waals surface area contributed by atoms with E-state index in [1.807, 2.05) is 18.7 Å². The van der Waals surface area contributed by atoms with Gasteiger partial charge in [-0.3, -0.25) is 4.79 Å². The summed E-state index contributed by atoms with van der Waals surface area (Å²) in [5.74, 6) is 0.971. The average molecular weight is 294 g/mol. The van der Waals surface area contributed by atoms with Crippen molar-refractivity contribution in [3.63, 3.8) is 0 Å². The Morgan fingerprint density at radius 1 is 1.48 bits per heavy atom. The molecule has 5 nitrogen and oxygen atoms in total. The molecular formula is C16H26N2O3. The van der Waals surface area contributed by atoms with Crippen LogP contribution in [0, 0.1) is 19.3 Å². The molecular weight excluding hydrogens is 268 g/mol. The van der Waals surface area contributed by atoms with Crippen LogP contribution in [0.2, 0.25) is 0 Å². The van der Waals surface area contributed by atoms with Crippen LogP contribution in [0.3, 0.4) is 0 Å². The van der Waals surface area contributed by atoms with Crippen LogP contribution in [0.4, 0.5) is 0 Å². The van der Waals surface area contributed by atoms with Crippen LogP contribution in [-0.2, 0) is 11.2 Å². The summed E-state index contributed by atoms with van der Waals surface area (Å²) in [5, 5.41) is 13.6. The highest BCUT2D eigenvalue weighted by Gasteiger charge is 2.35. The SMILES string of the molecule is CC[C@]1(CO)CCCN(C(=O)CCc2c(C)noc2C)C1. The predicted molar refractivity (Wildman–Crippen MR) is 79.9 cm³/mol. The van der Waals surface area contributed by atoms with E-state index in [2.05, 4.69) is 12.1 Å². The number of amides is 1. The first-order valence-electron chi connectivity index (χ1n) is 7.82. The number of aliphatic hydroxyl groups excluding tert-OH is 1. The maximum absolute atomic E-state index is 12.4. The molecule has 1 aromatic heterocycles. The number of aromatic nitrogens is 1. The minimum atomic E-state index is -0.100. The Labute approximate surface area is 126 Å². The quantitative estimate of drug-likeness (QED) is 0.904. The van der Waals surface area contributed by atoms with Crippen LogP contribution in [0.25, 0.3) is 0 Å². The Hall–Kier alpha value is -1.36. The Kier molecular flexibility index (Phi) is 5.04. The highest BCUT2D eigenvalue weighted by Crippen LogP contribution is 2.33.